The largest absolute Gasteiger partial charge is 0.466 e. The average Bonchev–Trinajstić information content (AvgIpc) is 3.68. The molecule has 0 amide bonds. The third kappa shape index (κ3) is 10.6. The Morgan fingerprint density at radius 3 is 1.61 bits per heavy atom. The summed E-state index contributed by atoms with van der Waals surface area (Å²) in [5, 5.41) is 1.94. The van der Waals surface area contributed by atoms with Gasteiger partial charge in [-0.05, 0) is 129 Å². The van der Waals surface area contributed by atoms with Crippen LogP contribution in [0.4, 0.5) is 11.4 Å². The van der Waals surface area contributed by atoms with E-state index in [1.165, 1.54) is 16.0 Å². The van der Waals surface area contributed by atoms with Crippen LogP contribution < -0.4 is 20.1 Å². The average molecular weight is 855 g/mol. The fraction of sp³-hybridized carbons (Fsp3) is 0.231. The van der Waals surface area contributed by atoms with Crippen molar-refractivity contribution in [3.8, 4) is 11.5 Å². The third-order valence-electron chi connectivity index (χ3n) is 7.41. The number of benzene rings is 4. The summed E-state index contributed by atoms with van der Waals surface area (Å²) in [6.45, 7) is 4.57. The van der Waals surface area contributed by atoms with Gasteiger partial charge in [0.25, 0.3) is 0 Å². The quantitative estimate of drug-likeness (QED) is 0.102. The molecule has 0 unspecified atom stereocenters. The first-order chi connectivity index (χ1) is 24.0. The summed E-state index contributed by atoms with van der Waals surface area (Å²) >= 11 is 10.4. The van der Waals surface area contributed by atoms with E-state index in [9.17, 15) is 0 Å². The van der Waals surface area contributed by atoms with Crippen molar-refractivity contribution in [3.05, 3.63) is 102 Å². The fourth-order valence-corrected chi connectivity index (χ4v) is 7.68. The molecular formula is C39H42Br2N4O4S2. The van der Waals surface area contributed by atoms with E-state index in [0.29, 0.717) is 0 Å². The topological polar surface area (TPSA) is 92.0 Å². The molecule has 0 saturated heterocycles. The van der Waals surface area contributed by atoms with Crippen molar-refractivity contribution in [1.29, 1.82) is 0 Å². The summed E-state index contributed by atoms with van der Waals surface area (Å²) in [5.74, 6) is 1.51. The van der Waals surface area contributed by atoms with Crippen molar-refractivity contribution < 1.29 is 18.9 Å². The molecule has 6 aromatic rings. The second kappa shape index (κ2) is 18.6. The Bertz CT molecular complexity index is 2120. The number of fused-ring (bicyclic) bond motifs is 2. The Kier molecular flexibility index (Phi) is 14.6. The Morgan fingerprint density at radius 1 is 0.686 bits per heavy atom. The van der Waals surface area contributed by atoms with E-state index in [0.717, 1.165) is 68.6 Å². The number of nitrogens with zero attached hydrogens (tertiary/aromatic N) is 3. The number of aromatic nitrogens is 2. The second-order valence-corrected chi connectivity index (χ2v) is 15.3. The minimum Gasteiger partial charge on any atom is -0.466 e. The van der Waals surface area contributed by atoms with Gasteiger partial charge < -0.3 is 29.6 Å². The highest BCUT2D eigenvalue weighted by atomic mass is 79.9. The van der Waals surface area contributed by atoms with Gasteiger partial charge in [0.2, 0.25) is 0 Å². The van der Waals surface area contributed by atoms with Crippen LogP contribution >= 0.6 is 54.5 Å². The summed E-state index contributed by atoms with van der Waals surface area (Å²) in [5.41, 5.74) is 14.4. The van der Waals surface area contributed by atoms with E-state index in [4.69, 9.17) is 29.7 Å². The monoisotopic (exact) mass is 852 g/mol. The number of nitrogens with two attached hydrogens (primary N) is 1. The molecule has 0 aliphatic rings. The van der Waals surface area contributed by atoms with Crippen LogP contribution in [0.3, 0.4) is 0 Å². The van der Waals surface area contributed by atoms with Crippen molar-refractivity contribution in [3.63, 3.8) is 0 Å². The van der Waals surface area contributed by atoms with Crippen molar-refractivity contribution in [1.82, 2.24) is 9.97 Å². The first-order valence-corrected chi connectivity index (χ1v) is 18.7. The summed E-state index contributed by atoms with van der Waals surface area (Å²) < 4.78 is 24.8. The fourth-order valence-electron chi connectivity index (χ4n) is 4.88. The van der Waals surface area contributed by atoms with Crippen LogP contribution in [0, 0.1) is 13.8 Å². The van der Waals surface area contributed by atoms with Gasteiger partial charge in [-0.15, -0.1) is 22.7 Å². The molecule has 0 atom stereocenters. The molecule has 8 nitrogen and oxygen atoms in total. The van der Waals surface area contributed by atoms with Crippen molar-refractivity contribution in [2.75, 3.05) is 52.5 Å². The van der Waals surface area contributed by atoms with Gasteiger partial charge in [-0.2, -0.15) is 0 Å². The van der Waals surface area contributed by atoms with Gasteiger partial charge in [-0.1, -0.05) is 31.7 Å². The molecule has 0 aliphatic heterocycles. The number of thiazole rings is 2. The van der Waals surface area contributed by atoms with Gasteiger partial charge >= 0.3 is 0 Å². The van der Waals surface area contributed by atoms with Crippen molar-refractivity contribution in [2.45, 2.75) is 21.3 Å². The molecule has 0 spiro atoms. The lowest BCUT2D eigenvalue weighted by molar-refractivity contribution is 0.0504. The highest BCUT2D eigenvalue weighted by molar-refractivity contribution is 9.11. The first kappa shape index (κ1) is 40.0. The predicted molar refractivity (Wildman–Crippen MR) is 225 cm³/mol. The van der Waals surface area contributed by atoms with Crippen LogP contribution in [-0.4, -0.2) is 51.9 Å². The molecule has 0 aliphatic carbocycles. The van der Waals surface area contributed by atoms with Gasteiger partial charge in [0.15, 0.2) is 13.6 Å². The predicted octanol–water partition coefficient (Wildman–Crippen LogP) is 11.3. The Morgan fingerprint density at radius 2 is 1.16 bits per heavy atom. The number of aryl methyl sites for hydroxylation is 2. The molecule has 268 valence electrons. The van der Waals surface area contributed by atoms with Gasteiger partial charge in [0.1, 0.15) is 21.5 Å². The molecule has 0 bridgehead atoms. The molecule has 51 heavy (non-hydrogen) atoms. The number of ether oxygens (including phenoxy) is 4. The molecule has 2 N–H and O–H groups in total. The molecule has 0 saturated carbocycles. The van der Waals surface area contributed by atoms with E-state index in [1.54, 1.807) is 36.9 Å². The van der Waals surface area contributed by atoms with E-state index >= 15 is 0 Å². The summed E-state index contributed by atoms with van der Waals surface area (Å²) in [6, 6.07) is 20.2. The van der Waals surface area contributed by atoms with Gasteiger partial charge in [-0.3, -0.25) is 0 Å². The number of hydrogen-bond donors (Lipinski definition) is 1. The Balaban J connectivity index is 0.000000225. The minimum absolute atomic E-state index is 0. The van der Waals surface area contributed by atoms with E-state index in [2.05, 4.69) is 81.0 Å². The minimum atomic E-state index is 0. The molecule has 0 fully saturated rings. The zero-order chi connectivity index (χ0) is 35.8. The van der Waals surface area contributed by atoms with Crippen molar-refractivity contribution in [2.24, 2.45) is 0 Å². The van der Waals surface area contributed by atoms with Crippen LogP contribution in [0.15, 0.2) is 69.6 Å². The molecule has 6 rings (SSSR count). The number of hydrogen-bond acceptors (Lipinski definition) is 10. The Labute approximate surface area is 324 Å². The molecule has 2 heterocycles. The standard InChI is InChI=1S/C20H21BrN2O2S.C18H17BrN2O2S.CH4/c1-13-9-16-19(11-17(13)23(2)3)26-20(22-16)8-6-14-5-7-18(15(21)10-14)25-12-24-4;1-11-7-15-17(9-14(11)20)24-18(21-15)6-4-12-3-5-16(13(19)8-12)23-10-22-2;/h5-11H,12H2,1-4H3;3-9H,10,20H2,1-2H3;1H4/b8-6+;6-4+;. The number of halogens is 2. The zero-order valence-corrected chi connectivity index (χ0v) is 33.4. The van der Waals surface area contributed by atoms with E-state index < -0.39 is 0 Å². The maximum atomic E-state index is 5.96. The smallest absolute Gasteiger partial charge is 0.188 e. The van der Waals surface area contributed by atoms with Crippen LogP contribution in [0.5, 0.6) is 11.5 Å². The van der Waals surface area contributed by atoms with Gasteiger partial charge in [0, 0.05) is 39.7 Å². The van der Waals surface area contributed by atoms with Crippen molar-refractivity contribution >= 4 is 111 Å². The lowest BCUT2D eigenvalue weighted by Gasteiger charge is -2.15. The Hall–Kier alpha value is -3.78. The van der Waals surface area contributed by atoms with Crippen LogP contribution in [-0.2, 0) is 9.47 Å². The summed E-state index contributed by atoms with van der Waals surface area (Å²) in [4.78, 5) is 11.5. The van der Waals surface area contributed by atoms with E-state index in [-0.39, 0.29) is 21.0 Å². The lowest BCUT2D eigenvalue weighted by atomic mass is 10.2. The number of rotatable bonds is 11. The summed E-state index contributed by atoms with van der Waals surface area (Å²) in [6.07, 6.45) is 8.14. The SMILES string of the molecule is C.COCOc1ccc(/C=C/c2nc3cc(C)c(N(C)C)cc3s2)cc1Br.COCOc1ccc(/C=C/c2nc3cc(C)c(N)cc3s2)cc1Br. The highest BCUT2D eigenvalue weighted by Crippen LogP contribution is 2.32. The lowest BCUT2D eigenvalue weighted by Crippen LogP contribution is -2.09. The maximum Gasteiger partial charge on any atom is 0.188 e. The number of nitrogen functional groups attached to an aromatic ring is 1. The zero-order valence-electron chi connectivity index (χ0n) is 28.6. The third-order valence-corrected chi connectivity index (χ3v) is 10.6. The normalized spacial score (nSPS) is 11.2. The van der Waals surface area contributed by atoms with Crippen LogP contribution in [0.1, 0.15) is 39.7 Å². The molecule has 0 radical (unpaired) electrons. The highest BCUT2D eigenvalue weighted by Gasteiger charge is 2.09. The van der Waals surface area contributed by atoms with Crippen LogP contribution in [0.2, 0.25) is 0 Å². The first-order valence-electron chi connectivity index (χ1n) is 15.5. The van der Waals surface area contributed by atoms with Gasteiger partial charge in [-0.25, -0.2) is 9.97 Å². The number of anilines is 2. The molecule has 4 aromatic carbocycles. The molecular weight excluding hydrogens is 812 g/mol. The molecule has 2 aromatic heterocycles. The maximum absolute atomic E-state index is 5.96. The summed E-state index contributed by atoms with van der Waals surface area (Å²) in [7, 11) is 7.33. The number of methoxy groups -OCH3 is 2. The van der Waals surface area contributed by atoms with E-state index in [1.807, 2.05) is 73.7 Å². The molecule has 12 heteroatoms. The van der Waals surface area contributed by atoms with Crippen LogP contribution in [0.25, 0.3) is 44.7 Å². The van der Waals surface area contributed by atoms with Gasteiger partial charge in [0.05, 0.1) is 29.4 Å². The second-order valence-electron chi connectivity index (χ2n) is 11.4.